The Bertz CT molecular complexity index is 903. The van der Waals surface area contributed by atoms with Gasteiger partial charge in [-0.1, -0.05) is 0 Å². The fourth-order valence-corrected chi connectivity index (χ4v) is 1.84. The molecule has 0 saturated carbocycles. The number of carbonyl (C=O) groups excluding carboxylic acids is 1. The number of aromatic nitrogens is 2. The monoisotopic (exact) mass is 358 g/mol. The molecule has 9 nitrogen and oxygen atoms in total. The lowest BCUT2D eigenvalue weighted by atomic mass is 10.3. The maximum Gasteiger partial charge on any atom is 0.357 e. The molecular weight excluding hydrogens is 340 g/mol. The molecule has 2 rings (SSSR count). The topological polar surface area (TPSA) is 118 Å². The van der Waals surface area contributed by atoms with Crippen LogP contribution in [-0.4, -0.2) is 37.1 Å². The van der Waals surface area contributed by atoms with Gasteiger partial charge in [0.15, 0.2) is 5.56 Å². The molecule has 2 heterocycles. The van der Waals surface area contributed by atoms with E-state index in [4.69, 9.17) is 4.74 Å². The molecule has 0 amide bonds. The fourth-order valence-electron chi connectivity index (χ4n) is 1.84. The third-order valence-electron chi connectivity index (χ3n) is 2.91. The minimum absolute atomic E-state index is 0.0439. The van der Waals surface area contributed by atoms with Crippen molar-refractivity contribution in [3.8, 4) is 0 Å². The van der Waals surface area contributed by atoms with Crippen LogP contribution in [0.2, 0.25) is 0 Å². The highest BCUT2D eigenvalue weighted by Gasteiger charge is 2.20. The number of hydrogen-bond donors (Lipinski definition) is 0. The Kier molecular flexibility index (Phi) is 6.58. The number of esters is 1. The van der Waals surface area contributed by atoms with Gasteiger partial charge in [-0.2, -0.15) is 4.40 Å². The molecule has 132 valence electrons. The van der Waals surface area contributed by atoms with Crippen molar-refractivity contribution in [3.05, 3.63) is 46.0 Å². The van der Waals surface area contributed by atoms with E-state index in [1.807, 2.05) is 19.1 Å². The molecule has 0 bridgehead atoms. The molecule has 10 heteroatoms. The van der Waals surface area contributed by atoms with Gasteiger partial charge in [0, 0.05) is 6.07 Å². The zero-order chi connectivity index (χ0) is 18.5. The third-order valence-corrected chi connectivity index (χ3v) is 3.32. The predicted molar refractivity (Wildman–Crippen MR) is 82.2 cm³/mol. The Morgan fingerprint density at radius 2 is 1.96 bits per heavy atom. The highest BCUT2D eigenvalue weighted by Crippen LogP contribution is 2.01. The average Bonchev–Trinajstić information content (AvgIpc) is 2.50. The number of carbonyl (C=O) groups is 1. The molecule has 0 unspecified atom stereocenters. The lowest BCUT2D eigenvalue weighted by Crippen LogP contribution is -2.39. The van der Waals surface area contributed by atoms with Gasteiger partial charge in [0.05, 0.1) is 20.8 Å². The summed E-state index contributed by atoms with van der Waals surface area (Å²) in [6, 6.07) is 3.75. The van der Waals surface area contributed by atoms with E-state index < -0.39 is 16.4 Å². The second-order valence-electron chi connectivity index (χ2n) is 4.69. The van der Waals surface area contributed by atoms with E-state index >= 15 is 0 Å². The molecule has 0 radical (unpaired) electrons. The molecule has 0 N–H and O–H groups in total. The van der Waals surface area contributed by atoms with Crippen LogP contribution >= 0.6 is 0 Å². The highest BCUT2D eigenvalue weighted by molar-refractivity contribution is 7.80. The zero-order valence-corrected chi connectivity index (χ0v) is 14.5. The van der Waals surface area contributed by atoms with Crippen molar-refractivity contribution in [2.24, 2.45) is 7.05 Å². The fraction of sp³-hybridized carbons (Fsp3) is 0.357. The largest absolute Gasteiger partial charge is 0.726 e. The van der Waals surface area contributed by atoms with Crippen molar-refractivity contribution in [1.29, 1.82) is 0 Å². The van der Waals surface area contributed by atoms with Crippen LogP contribution in [0.15, 0.2) is 29.3 Å². The van der Waals surface area contributed by atoms with E-state index in [2.05, 4.69) is 4.18 Å². The van der Waals surface area contributed by atoms with Crippen LogP contribution in [0.1, 0.15) is 22.8 Å². The Hall–Kier alpha value is -2.30. The molecule has 0 aliphatic heterocycles. The van der Waals surface area contributed by atoms with E-state index in [1.54, 1.807) is 24.7 Å². The molecule has 0 atom stereocenters. The summed E-state index contributed by atoms with van der Waals surface area (Å²) < 4.78 is 39.1. The molecule has 0 saturated heterocycles. The smallest absolute Gasteiger partial charge is 0.357 e. The molecule has 0 aliphatic carbocycles. The average molecular weight is 358 g/mol. The van der Waals surface area contributed by atoms with Crippen LogP contribution in [0.5, 0.6) is 0 Å². The summed E-state index contributed by atoms with van der Waals surface area (Å²) in [5, 5.41) is 0. The number of nitrogens with zero attached hydrogens (tertiary/aromatic N) is 2. The first-order chi connectivity index (χ1) is 11.1. The van der Waals surface area contributed by atoms with Crippen LogP contribution in [0.25, 0.3) is 5.65 Å². The number of aryl methyl sites for hydroxylation is 2. The van der Waals surface area contributed by atoms with E-state index in [0.29, 0.717) is 0 Å². The van der Waals surface area contributed by atoms with E-state index in [0.717, 1.165) is 18.3 Å². The molecule has 0 spiro atoms. The quantitative estimate of drug-likeness (QED) is 0.320. The van der Waals surface area contributed by atoms with Gasteiger partial charge in [0.2, 0.25) is 10.4 Å². The standard InChI is InChI=1S/C13H15N2O3.CH4O4S/c1-4-18-13(17)10-8-14(3)11-6-5-9(2)7-15(11)12(10)16;1-5-6(2,3)4/h5-8H,4H2,1-3H3;1H3,(H,2,3,4)/q+1;/p-1. The second-order valence-corrected chi connectivity index (χ2v) is 5.84. The normalized spacial score (nSPS) is 10.9. The molecule has 0 aliphatic rings. The van der Waals surface area contributed by atoms with E-state index in [9.17, 15) is 22.6 Å². The Morgan fingerprint density at radius 3 is 2.46 bits per heavy atom. The summed E-state index contributed by atoms with van der Waals surface area (Å²) in [5.74, 6) is -0.589. The number of rotatable bonds is 3. The summed E-state index contributed by atoms with van der Waals surface area (Å²) in [7, 11) is -1.82. The van der Waals surface area contributed by atoms with Gasteiger partial charge in [-0.15, -0.1) is 0 Å². The maximum absolute atomic E-state index is 12.2. The van der Waals surface area contributed by atoms with Crippen molar-refractivity contribution >= 4 is 22.0 Å². The van der Waals surface area contributed by atoms with Gasteiger partial charge in [-0.3, -0.25) is 4.18 Å². The molecule has 2 aromatic heterocycles. The van der Waals surface area contributed by atoms with Gasteiger partial charge in [-0.05, 0) is 25.5 Å². The summed E-state index contributed by atoms with van der Waals surface area (Å²) in [4.78, 5) is 23.9. The number of fused-ring (bicyclic) bond motifs is 1. The lowest BCUT2D eigenvalue weighted by molar-refractivity contribution is -0.648. The van der Waals surface area contributed by atoms with Crippen molar-refractivity contribution in [2.45, 2.75) is 13.8 Å². The van der Waals surface area contributed by atoms with Gasteiger partial charge in [0.25, 0.3) is 5.65 Å². The Balaban J connectivity index is 0.000000413. The van der Waals surface area contributed by atoms with Crippen LogP contribution < -0.4 is 10.1 Å². The Labute approximate surface area is 139 Å². The molecule has 2 aromatic rings. The van der Waals surface area contributed by atoms with Crippen LogP contribution in [-0.2, 0) is 26.4 Å². The van der Waals surface area contributed by atoms with Crippen molar-refractivity contribution in [1.82, 2.24) is 4.40 Å². The summed E-state index contributed by atoms with van der Waals surface area (Å²) in [6.07, 6.45) is 3.21. The molecular formula is C14H18N2O7S. The first kappa shape index (κ1) is 19.7. The van der Waals surface area contributed by atoms with Gasteiger partial charge >= 0.3 is 11.5 Å². The minimum Gasteiger partial charge on any atom is -0.726 e. The van der Waals surface area contributed by atoms with Crippen LogP contribution in [0.3, 0.4) is 0 Å². The third kappa shape index (κ3) is 5.11. The number of pyridine rings is 1. The summed E-state index contributed by atoms with van der Waals surface area (Å²) in [6.45, 7) is 3.85. The highest BCUT2D eigenvalue weighted by atomic mass is 32.3. The number of hydrogen-bond acceptors (Lipinski definition) is 7. The van der Waals surface area contributed by atoms with Gasteiger partial charge in [0.1, 0.15) is 12.4 Å². The SMILES string of the molecule is CCOC(=O)c1c[n+](C)c2ccc(C)cn2c1=O.COS(=O)(=O)[O-]. The first-order valence-electron chi connectivity index (χ1n) is 6.81. The second kappa shape index (κ2) is 7.99. The zero-order valence-electron chi connectivity index (χ0n) is 13.7. The molecule has 0 aromatic carbocycles. The Morgan fingerprint density at radius 1 is 1.38 bits per heavy atom. The van der Waals surface area contributed by atoms with Gasteiger partial charge in [-0.25, -0.2) is 22.6 Å². The minimum atomic E-state index is -4.41. The first-order valence-corrected chi connectivity index (χ1v) is 8.14. The van der Waals surface area contributed by atoms with Crippen molar-refractivity contribution in [2.75, 3.05) is 13.7 Å². The van der Waals surface area contributed by atoms with Crippen molar-refractivity contribution < 1.29 is 31.3 Å². The van der Waals surface area contributed by atoms with Crippen molar-refractivity contribution in [3.63, 3.8) is 0 Å². The number of ether oxygens (including phenoxy) is 1. The van der Waals surface area contributed by atoms with Crippen LogP contribution in [0.4, 0.5) is 0 Å². The summed E-state index contributed by atoms with van der Waals surface area (Å²) >= 11 is 0. The van der Waals surface area contributed by atoms with E-state index in [1.165, 1.54) is 10.6 Å². The molecule has 0 fully saturated rings. The van der Waals surface area contributed by atoms with Crippen LogP contribution in [0, 0.1) is 6.92 Å². The predicted octanol–water partition coefficient (Wildman–Crippen LogP) is -0.298. The summed E-state index contributed by atoms with van der Waals surface area (Å²) in [5.41, 5.74) is 1.36. The molecule has 24 heavy (non-hydrogen) atoms. The van der Waals surface area contributed by atoms with E-state index in [-0.39, 0.29) is 17.7 Å². The maximum atomic E-state index is 12.2. The van der Waals surface area contributed by atoms with Gasteiger partial charge < -0.3 is 9.29 Å². The lowest BCUT2D eigenvalue weighted by Gasteiger charge is -2.03.